The van der Waals surface area contributed by atoms with Crippen LogP contribution >= 0.6 is 0 Å². The molecule has 2 aliphatic rings. The fourth-order valence-electron chi connectivity index (χ4n) is 3.71. The summed E-state index contributed by atoms with van der Waals surface area (Å²) in [6, 6.07) is 18.6. The van der Waals surface area contributed by atoms with Crippen LogP contribution in [0.1, 0.15) is 42.0 Å². The van der Waals surface area contributed by atoms with Crippen LogP contribution in [0.25, 0.3) is 0 Å². The van der Waals surface area contributed by atoms with Gasteiger partial charge < -0.3 is 4.90 Å². The van der Waals surface area contributed by atoms with Gasteiger partial charge in [0.25, 0.3) is 0 Å². The summed E-state index contributed by atoms with van der Waals surface area (Å²) in [6.45, 7) is 1.20. The molecule has 1 fully saturated rings. The minimum atomic E-state index is 0.591. The zero-order valence-electron chi connectivity index (χ0n) is 11.2. The second-order valence-electron chi connectivity index (χ2n) is 5.71. The number of hydrogen-bond donors (Lipinski definition) is 0. The number of rotatable bonds is 0. The standard InChI is InChI=1S/C18H19N/c1-3-9-16-14(7-1)13-15-8-2-4-10-17(15)19-12-6-5-11-18(16)19/h1-4,7-10,18H,5-6,11-13H2. The molecule has 2 aromatic carbocycles. The van der Waals surface area contributed by atoms with Crippen LogP contribution < -0.4 is 4.90 Å². The molecule has 0 saturated carbocycles. The number of anilines is 1. The van der Waals surface area contributed by atoms with Gasteiger partial charge in [0.2, 0.25) is 0 Å². The molecule has 1 saturated heterocycles. The fraction of sp³-hybridized carbons (Fsp3) is 0.333. The average Bonchev–Trinajstić information content (AvgIpc) is 2.62. The van der Waals surface area contributed by atoms with E-state index in [1.54, 1.807) is 5.56 Å². The topological polar surface area (TPSA) is 3.24 Å². The van der Waals surface area contributed by atoms with Crippen LogP contribution in [0.15, 0.2) is 48.5 Å². The Hall–Kier alpha value is -1.76. The molecule has 0 aromatic heterocycles. The highest BCUT2D eigenvalue weighted by Crippen LogP contribution is 2.41. The SMILES string of the molecule is c1ccc2c(c1)Cc1ccccc1N1CCCCC21. The average molecular weight is 249 g/mol. The first-order valence-electron chi connectivity index (χ1n) is 7.36. The maximum absolute atomic E-state index is 2.64. The third-order valence-corrected chi connectivity index (χ3v) is 4.60. The van der Waals surface area contributed by atoms with Crippen molar-refractivity contribution in [3.8, 4) is 0 Å². The molecule has 0 radical (unpaired) electrons. The molecule has 0 bridgehead atoms. The van der Waals surface area contributed by atoms with Crippen molar-refractivity contribution >= 4 is 5.69 Å². The lowest BCUT2D eigenvalue weighted by molar-refractivity contribution is 0.474. The van der Waals surface area contributed by atoms with E-state index in [9.17, 15) is 0 Å². The molecule has 4 rings (SSSR count). The highest BCUT2D eigenvalue weighted by Gasteiger charge is 2.29. The van der Waals surface area contributed by atoms with E-state index in [0.29, 0.717) is 6.04 Å². The Labute approximate surface area is 114 Å². The minimum Gasteiger partial charge on any atom is -0.364 e. The fourth-order valence-corrected chi connectivity index (χ4v) is 3.71. The smallest absolute Gasteiger partial charge is 0.0545 e. The molecule has 1 unspecified atom stereocenters. The van der Waals surface area contributed by atoms with Crippen LogP contribution in [0.3, 0.4) is 0 Å². The molecule has 0 amide bonds. The number of fused-ring (bicyclic) bond motifs is 5. The van der Waals surface area contributed by atoms with Gasteiger partial charge in [-0.1, -0.05) is 42.5 Å². The van der Waals surface area contributed by atoms with Gasteiger partial charge in [-0.2, -0.15) is 0 Å². The molecule has 1 heteroatoms. The molecule has 2 aliphatic heterocycles. The molecule has 0 N–H and O–H groups in total. The van der Waals surface area contributed by atoms with Crippen molar-refractivity contribution in [1.29, 1.82) is 0 Å². The second kappa shape index (κ2) is 4.41. The molecule has 19 heavy (non-hydrogen) atoms. The lowest BCUT2D eigenvalue weighted by Gasteiger charge is -2.37. The molecular formula is C18H19N. The number of nitrogens with zero attached hydrogens (tertiary/aromatic N) is 1. The van der Waals surface area contributed by atoms with E-state index in [1.807, 2.05) is 0 Å². The molecule has 1 nitrogen and oxygen atoms in total. The van der Waals surface area contributed by atoms with E-state index in [4.69, 9.17) is 0 Å². The monoisotopic (exact) mass is 249 g/mol. The number of piperidine rings is 1. The van der Waals surface area contributed by atoms with Gasteiger partial charge in [0, 0.05) is 12.2 Å². The van der Waals surface area contributed by atoms with E-state index in [1.165, 1.54) is 42.6 Å². The number of benzene rings is 2. The van der Waals surface area contributed by atoms with Crippen molar-refractivity contribution in [2.75, 3.05) is 11.4 Å². The normalized spacial score (nSPS) is 21.1. The van der Waals surface area contributed by atoms with Crippen LogP contribution in [0.4, 0.5) is 5.69 Å². The van der Waals surface area contributed by atoms with Gasteiger partial charge in [-0.3, -0.25) is 0 Å². The van der Waals surface area contributed by atoms with Crippen LogP contribution in [-0.2, 0) is 6.42 Å². The summed E-state index contributed by atoms with van der Waals surface area (Å²) < 4.78 is 0. The van der Waals surface area contributed by atoms with Gasteiger partial charge in [-0.15, -0.1) is 0 Å². The summed E-state index contributed by atoms with van der Waals surface area (Å²) in [5.74, 6) is 0. The highest BCUT2D eigenvalue weighted by molar-refractivity contribution is 5.60. The summed E-state index contributed by atoms with van der Waals surface area (Å²) in [5, 5.41) is 0. The predicted octanol–water partition coefficient (Wildman–Crippen LogP) is 4.32. The zero-order valence-corrected chi connectivity index (χ0v) is 11.2. The van der Waals surface area contributed by atoms with Gasteiger partial charge in [0.05, 0.1) is 6.04 Å². The van der Waals surface area contributed by atoms with Crippen molar-refractivity contribution < 1.29 is 0 Å². The lowest BCUT2D eigenvalue weighted by atomic mass is 9.92. The Morgan fingerprint density at radius 1 is 0.842 bits per heavy atom. The van der Waals surface area contributed by atoms with E-state index in [2.05, 4.69) is 53.4 Å². The zero-order chi connectivity index (χ0) is 12.7. The van der Waals surface area contributed by atoms with E-state index in [0.717, 1.165) is 6.42 Å². The Kier molecular flexibility index (Phi) is 2.58. The van der Waals surface area contributed by atoms with Gasteiger partial charge in [-0.05, 0) is 48.4 Å². The Balaban J connectivity index is 1.92. The first-order chi connectivity index (χ1) is 9.43. The maximum Gasteiger partial charge on any atom is 0.0545 e. The summed E-state index contributed by atoms with van der Waals surface area (Å²) >= 11 is 0. The molecule has 0 aliphatic carbocycles. The second-order valence-corrected chi connectivity index (χ2v) is 5.71. The summed E-state index contributed by atoms with van der Waals surface area (Å²) in [5.41, 5.74) is 6.02. The van der Waals surface area contributed by atoms with Crippen LogP contribution in [-0.4, -0.2) is 6.54 Å². The van der Waals surface area contributed by atoms with Crippen LogP contribution in [0.5, 0.6) is 0 Å². The van der Waals surface area contributed by atoms with Gasteiger partial charge in [0.1, 0.15) is 0 Å². The molecule has 0 spiro atoms. The van der Waals surface area contributed by atoms with Crippen molar-refractivity contribution in [2.24, 2.45) is 0 Å². The van der Waals surface area contributed by atoms with Crippen LogP contribution in [0, 0.1) is 0 Å². The summed E-state index contributed by atoms with van der Waals surface area (Å²) in [4.78, 5) is 2.64. The highest BCUT2D eigenvalue weighted by atomic mass is 15.2. The third kappa shape index (κ3) is 1.76. The molecular weight excluding hydrogens is 230 g/mol. The van der Waals surface area contributed by atoms with Crippen LogP contribution in [0.2, 0.25) is 0 Å². The molecule has 96 valence electrons. The largest absolute Gasteiger partial charge is 0.364 e. The molecule has 2 aromatic rings. The van der Waals surface area contributed by atoms with Crippen molar-refractivity contribution in [3.05, 3.63) is 65.2 Å². The molecule has 2 heterocycles. The van der Waals surface area contributed by atoms with E-state index >= 15 is 0 Å². The third-order valence-electron chi connectivity index (χ3n) is 4.60. The Bertz CT molecular complexity index is 549. The minimum absolute atomic E-state index is 0.591. The lowest BCUT2D eigenvalue weighted by Crippen LogP contribution is -2.33. The summed E-state index contributed by atoms with van der Waals surface area (Å²) in [6.07, 6.45) is 5.06. The Morgan fingerprint density at radius 2 is 1.63 bits per heavy atom. The van der Waals surface area contributed by atoms with Gasteiger partial charge >= 0.3 is 0 Å². The Morgan fingerprint density at radius 3 is 2.58 bits per heavy atom. The first-order valence-corrected chi connectivity index (χ1v) is 7.36. The van der Waals surface area contributed by atoms with Crippen molar-refractivity contribution in [3.63, 3.8) is 0 Å². The van der Waals surface area contributed by atoms with Crippen molar-refractivity contribution in [1.82, 2.24) is 0 Å². The van der Waals surface area contributed by atoms with E-state index < -0.39 is 0 Å². The summed E-state index contributed by atoms with van der Waals surface area (Å²) in [7, 11) is 0. The number of para-hydroxylation sites is 1. The quantitative estimate of drug-likeness (QED) is 0.672. The maximum atomic E-state index is 2.64. The van der Waals surface area contributed by atoms with Crippen molar-refractivity contribution in [2.45, 2.75) is 31.7 Å². The van der Waals surface area contributed by atoms with E-state index in [-0.39, 0.29) is 0 Å². The first kappa shape index (κ1) is 11.1. The number of hydrogen-bond acceptors (Lipinski definition) is 1. The molecule has 1 atom stereocenters. The van der Waals surface area contributed by atoms with Gasteiger partial charge in [-0.25, -0.2) is 0 Å². The predicted molar refractivity (Wildman–Crippen MR) is 79.6 cm³/mol. The van der Waals surface area contributed by atoms with Gasteiger partial charge in [0.15, 0.2) is 0 Å².